The van der Waals surface area contributed by atoms with E-state index in [0.29, 0.717) is 17.5 Å². The van der Waals surface area contributed by atoms with E-state index in [9.17, 15) is 0 Å². The van der Waals surface area contributed by atoms with Gasteiger partial charge < -0.3 is 13.6 Å². The first-order valence-electron chi connectivity index (χ1n) is 25.4. The highest BCUT2D eigenvalue weighted by Gasteiger charge is 2.26. The SMILES string of the molecule is c1ccc(-c2cccc(-c3nc(-c4ccccc4-c4ccccc4)nc(-c4ccccc4-n4c5ccccc5c5ccc6c7ccc8c9ccccc9n(-c9ccccc9-c9ccccc9)c8c7oc6c54)n3)c2)cc1. The van der Waals surface area contributed by atoms with Crippen LogP contribution >= 0.6 is 0 Å². The molecule has 0 unspecified atom stereocenters. The molecular weight excluding hydrogens is 915 g/mol. The molecule has 0 saturated heterocycles. The Morgan fingerprint density at radius 3 is 1.25 bits per heavy atom. The van der Waals surface area contributed by atoms with Crippen molar-refractivity contribution in [2.45, 2.75) is 0 Å². The Morgan fingerprint density at radius 1 is 0.253 bits per heavy atom. The van der Waals surface area contributed by atoms with Gasteiger partial charge >= 0.3 is 0 Å². The van der Waals surface area contributed by atoms with Crippen molar-refractivity contribution in [3.8, 4) is 78.9 Å². The Kier molecular flexibility index (Phi) is 9.78. The zero-order valence-corrected chi connectivity index (χ0v) is 40.5. The van der Waals surface area contributed by atoms with Gasteiger partial charge in [-0.3, -0.25) is 0 Å². The minimum atomic E-state index is 0.560. The van der Waals surface area contributed by atoms with E-state index < -0.39 is 0 Å². The van der Waals surface area contributed by atoms with E-state index in [1.54, 1.807) is 0 Å². The van der Waals surface area contributed by atoms with Crippen molar-refractivity contribution in [3.05, 3.63) is 261 Å². The summed E-state index contributed by atoms with van der Waals surface area (Å²) >= 11 is 0. The lowest BCUT2D eigenvalue weighted by Crippen LogP contribution is -2.04. The Morgan fingerprint density at radius 2 is 0.653 bits per heavy atom. The number of fused-ring (bicyclic) bond motifs is 11. The van der Waals surface area contributed by atoms with Gasteiger partial charge in [0.15, 0.2) is 28.6 Å². The van der Waals surface area contributed by atoms with E-state index in [0.717, 1.165) is 122 Å². The molecule has 75 heavy (non-hydrogen) atoms. The Balaban J connectivity index is 0.999. The lowest BCUT2D eigenvalue weighted by Gasteiger charge is -2.15. The number of furan rings is 1. The minimum Gasteiger partial charge on any atom is -0.452 e. The van der Waals surface area contributed by atoms with Crippen LogP contribution in [0.5, 0.6) is 0 Å². The van der Waals surface area contributed by atoms with Gasteiger partial charge in [-0.25, -0.2) is 15.0 Å². The molecule has 0 aliphatic rings. The summed E-state index contributed by atoms with van der Waals surface area (Å²) in [6, 6.07) is 91.9. The van der Waals surface area contributed by atoms with Gasteiger partial charge in [-0.05, 0) is 76.3 Å². The Bertz CT molecular complexity index is 4700. The fourth-order valence-corrected chi connectivity index (χ4v) is 11.4. The lowest BCUT2D eigenvalue weighted by atomic mass is 9.99. The van der Waals surface area contributed by atoms with Crippen LogP contribution in [0.2, 0.25) is 0 Å². The second kappa shape index (κ2) is 17.3. The summed E-state index contributed by atoms with van der Waals surface area (Å²) in [5.74, 6) is 1.73. The molecule has 4 heterocycles. The van der Waals surface area contributed by atoms with Crippen LogP contribution in [-0.2, 0) is 0 Å². The summed E-state index contributed by atoms with van der Waals surface area (Å²) in [5, 5.41) is 6.59. The van der Waals surface area contributed by atoms with Crippen LogP contribution in [0.1, 0.15) is 0 Å². The van der Waals surface area contributed by atoms with Gasteiger partial charge in [0.25, 0.3) is 0 Å². The monoisotopic (exact) mass is 957 g/mol. The van der Waals surface area contributed by atoms with Gasteiger partial charge in [-0.1, -0.05) is 212 Å². The van der Waals surface area contributed by atoms with Gasteiger partial charge in [-0.2, -0.15) is 0 Å². The van der Waals surface area contributed by atoms with Gasteiger partial charge in [0, 0.05) is 54.6 Å². The van der Waals surface area contributed by atoms with Crippen LogP contribution in [0.15, 0.2) is 265 Å². The van der Waals surface area contributed by atoms with Crippen molar-refractivity contribution in [1.29, 1.82) is 0 Å². The molecule has 0 amide bonds. The van der Waals surface area contributed by atoms with E-state index in [1.807, 2.05) is 12.1 Å². The van der Waals surface area contributed by atoms with E-state index >= 15 is 0 Å². The van der Waals surface area contributed by atoms with Crippen LogP contribution in [0, 0.1) is 0 Å². The van der Waals surface area contributed by atoms with Crippen molar-refractivity contribution in [3.63, 3.8) is 0 Å². The number of benzene rings is 11. The molecule has 0 aliphatic heterocycles. The maximum Gasteiger partial charge on any atom is 0.166 e. The standard InChI is InChI=1S/C69H43N5O/c1-4-21-44(22-5-1)47-27-20-28-48(43-47)67-70-68(57-33-11-10-29-49(57)45-23-6-2-7-24-45)72-69(71-67)58-34-15-19-38-62(58)74-61-37-18-14-32-52(61)54-40-42-56-55-41-39-53-51-31-13-17-36-60(51)73(63(53)65(55)75-66(56)64(54)74)59-35-16-12-30-50(59)46-25-8-3-9-26-46/h1-43H. The summed E-state index contributed by atoms with van der Waals surface area (Å²) in [6.07, 6.45) is 0. The van der Waals surface area contributed by atoms with E-state index in [4.69, 9.17) is 19.4 Å². The highest BCUT2D eigenvalue weighted by atomic mass is 16.3. The fraction of sp³-hybridized carbons (Fsp3) is 0. The molecule has 0 radical (unpaired) electrons. The van der Waals surface area contributed by atoms with E-state index in [2.05, 4.69) is 258 Å². The molecular formula is C69H43N5O. The first kappa shape index (κ1) is 42.5. The summed E-state index contributed by atoms with van der Waals surface area (Å²) in [7, 11) is 0. The van der Waals surface area contributed by atoms with Crippen LogP contribution in [0.4, 0.5) is 0 Å². The molecule has 0 aliphatic carbocycles. The largest absolute Gasteiger partial charge is 0.452 e. The van der Waals surface area contributed by atoms with Gasteiger partial charge in [0.1, 0.15) is 0 Å². The Labute approximate surface area is 431 Å². The number of rotatable bonds is 8. The molecule has 0 spiro atoms. The smallest absolute Gasteiger partial charge is 0.166 e. The van der Waals surface area contributed by atoms with Gasteiger partial charge in [-0.15, -0.1) is 0 Å². The number of aromatic nitrogens is 5. The molecule has 0 fully saturated rings. The minimum absolute atomic E-state index is 0.560. The molecule has 15 rings (SSSR count). The zero-order chi connectivity index (χ0) is 49.4. The summed E-state index contributed by atoms with van der Waals surface area (Å²) in [6.45, 7) is 0. The molecule has 15 aromatic rings. The number of hydrogen-bond acceptors (Lipinski definition) is 4. The third kappa shape index (κ3) is 6.84. The molecule has 6 nitrogen and oxygen atoms in total. The van der Waals surface area contributed by atoms with Crippen molar-refractivity contribution < 1.29 is 4.42 Å². The third-order valence-electron chi connectivity index (χ3n) is 14.8. The third-order valence-corrected chi connectivity index (χ3v) is 14.8. The maximum atomic E-state index is 7.53. The number of nitrogens with zero attached hydrogens (tertiary/aromatic N) is 5. The average Bonchev–Trinajstić information content (AvgIpc) is 4.16. The van der Waals surface area contributed by atoms with Crippen LogP contribution in [0.25, 0.3) is 144 Å². The van der Waals surface area contributed by atoms with E-state index in [-0.39, 0.29) is 0 Å². The van der Waals surface area contributed by atoms with Crippen molar-refractivity contribution in [2.24, 2.45) is 0 Å². The predicted octanol–water partition coefficient (Wildman–Crippen LogP) is 18.0. The Hall–Kier alpha value is -10.2. The van der Waals surface area contributed by atoms with Crippen molar-refractivity contribution >= 4 is 65.6 Å². The molecule has 11 aromatic carbocycles. The highest BCUT2D eigenvalue weighted by Crippen LogP contribution is 2.46. The molecule has 4 aromatic heterocycles. The second-order valence-electron chi connectivity index (χ2n) is 19.0. The number of para-hydroxylation sites is 4. The van der Waals surface area contributed by atoms with E-state index in [1.165, 1.54) is 5.39 Å². The van der Waals surface area contributed by atoms with Crippen LogP contribution in [-0.4, -0.2) is 24.1 Å². The first-order chi connectivity index (χ1) is 37.2. The molecule has 0 N–H and O–H groups in total. The molecule has 0 bridgehead atoms. The van der Waals surface area contributed by atoms with Crippen LogP contribution < -0.4 is 0 Å². The predicted molar refractivity (Wildman–Crippen MR) is 308 cm³/mol. The quantitative estimate of drug-likeness (QED) is 0.152. The molecule has 350 valence electrons. The molecule has 0 atom stereocenters. The lowest BCUT2D eigenvalue weighted by molar-refractivity contribution is 0.673. The first-order valence-corrected chi connectivity index (χ1v) is 25.4. The summed E-state index contributed by atoms with van der Waals surface area (Å²) < 4.78 is 12.3. The maximum absolute atomic E-state index is 7.53. The molecule has 6 heteroatoms. The van der Waals surface area contributed by atoms with Crippen molar-refractivity contribution in [1.82, 2.24) is 24.1 Å². The summed E-state index contributed by atoms with van der Waals surface area (Å²) in [4.78, 5) is 16.2. The normalized spacial score (nSPS) is 11.7. The topological polar surface area (TPSA) is 61.7 Å². The average molecular weight is 958 g/mol. The van der Waals surface area contributed by atoms with Crippen LogP contribution in [0.3, 0.4) is 0 Å². The number of hydrogen-bond donors (Lipinski definition) is 0. The second-order valence-corrected chi connectivity index (χ2v) is 19.0. The highest BCUT2D eigenvalue weighted by molar-refractivity contribution is 6.26. The summed E-state index contributed by atoms with van der Waals surface area (Å²) in [5.41, 5.74) is 17.1. The molecule has 0 saturated carbocycles. The van der Waals surface area contributed by atoms with Crippen molar-refractivity contribution in [2.75, 3.05) is 0 Å². The fourth-order valence-electron chi connectivity index (χ4n) is 11.4. The van der Waals surface area contributed by atoms with Gasteiger partial charge in [0.2, 0.25) is 0 Å². The zero-order valence-electron chi connectivity index (χ0n) is 40.5. The van der Waals surface area contributed by atoms with Gasteiger partial charge in [0.05, 0.1) is 33.4 Å².